The molecular weight excluding hydrogens is 326 g/mol. The van der Waals surface area contributed by atoms with Crippen LogP contribution in [0.4, 0.5) is 5.69 Å². The van der Waals surface area contributed by atoms with E-state index in [4.69, 9.17) is 0 Å². The quantitative estimate of drug-likeness (QED) is 0.786. The molecule has 0 aliphatic heterocycles. The van der Waals surface area contributed by atoms with Crippen LogP contribution in [0.15, 0.2) is 59.1 Å². The number of aliphatic hydroxyl groups excluding tert-OH is 1. The fraction of sp³-hybridized carbons (Fsp3) is 0.333. The zero-order chi connectivity index (χ0) is 15.3. The zero-order valence-electron chi connectivity index (χ0n) is 12.5. The predicted molar refractivity (Wildman–Crippen MR) is 92.4 cm³/mol. The molecule has 1 unspecified atom stereocenters. The molecule has 2 N–H and O–H groups in total. The molecule has 0 saturated heterocycles. The standard InChI is InChI=1S/C18H22BrNO/c1-14(2)12-18(13-21,15-7-4-3-5-8-15)20-17-10-6-9-16(19)11-17/h3-11,14,20-21H,12-13H2,1-2H3. The average Bonchev–Trinajstić information content (AvgIpc) is 2.47. The lowest BCUT2D eigenvalue weighted by atomic mass is 9.82. The molecule has 0 aromatic heterocycles. The normalized spacial score (nSPS) is 14.0. The molecule has 0 saturated carbocycles. The minimum Gasteiger partial charge on any atom is -0.394 e. The Morgan fingerprint density at radius 2 is 1.81 bits per heavy atom. The van der Waals surface area contributed by atoms with Crippen LogP contribution in [0.2, 0.25) is 0 Å². The Balaban J connectivity index is 2.40. The maximum absolute atomic E-state index is 10.1. The van der Waals surface area contributed by atoms with Crippen LogP contribution in [0, 0.1) is 5.92 Å². The number of nitrogens with one attached hydrogen (secondary N) is 1. The second kappa shape index (κ2) is 7.10. The van der Waals surface area contributed by atoms with Gasteiger partial charge < -0.3 is 10.4 Å². The van der Waals surface area contributed by atoms with Gasteiger partial charge in [0.15, 0.2) is 0 Å². The number of hydrogen-bond donors (Lipinski definition) is 2. The van der Waals surface area contributed by atoms with Crippen molar-refractivity contribution in [3.63, 3.8) is 0 Å². The number of halogens is 1. The summed E-state index contributed by atoms with van der Waals surface area (Å²) in [6, 6.07) is 18.2. The van der Waals surface area contributed by atoms with Crippen LogP contribution in [0.1, 0.15) is 25.8 Å². The number of hydrogen-bond acceptors (Lipinski definition) is 2. The topological polar surface area (TPSA) is 32.3 Å². The van der Waals surface area contributed by atoms with Crippen molar-refractivity contribution in [3.8, 4) is 0 Å². The first kappa shape index (κ1) is 16.1. The summed E-state index contributed by atoms with van der Waals surface area (Å²) in [6.07, 6.45) is 0.861. The summed E-state index contributed by atoms with van der Waals surface area (Å²) in [5, 5.41) is 13.7. The number of aliphatic hydroxyl groups is 1. The Bertz CT molecular complexity index is 570. The molecular formula is C18H22BrNO. The van der Waals surface area contributed by atoms with Gasteiger partial charge >= 0.3 is 0 Å². The molecule has 2 aromatic rings. The molecule has 2 nitrogen and oxygen atoms in total. The summed E-state index contributed by atoms with van der Waals surface area (Å²) >= 11 is 3.50. The van der Waals surface area contributed by atoms with Gasteiger partial charge in [0.25, 0.3) is 0 Å². The molecule has 21 heavy (non-hydrogen) atoms. The first-order valence-electron chi connectivity index (χ1n) is 7.26. The molecule has 2 aromatic carbocycles. The van der Waals surface area contributed by atoms with Crippen LogP contribution >= 0.6 is 15.9 Å². The highest BCUT2D eigenvalue weighted by atomic mass is 79.9. The first-order chi connectivity index (χ1) is 10.1. The predicted octanol–water partition coefficient (Wildman–Crippen LogP) is 4.79. The summed E-state index contributed by atoms with van der Waals surface area (Å²) in [7, 11) is 0. The van der Waals surface area contributed by atoms with Crippen molar-refractivity contribution in [1.82, 2.24) is 0 Å². The Kier molecular flexibility index (Phi) is 5.43. The monoisotopic (exact) mass is 347 g/mol. The lowest BCUT2D eigenvalue weighted by Gasteiger charge is -2.36. The van der Waals surface area contributed by atoms with Crippen molar-refractivity contribution in [2.45, 2.75) is 25.8 Å². The molecule has 1 atom stereocenters. The van der Waals surface area contributed by atoms with Gasteiger partial charge in [-0.3, -0.25) is 0 Å². The molecule has 0 bridgehead atoms. The minimum absolute atomic E-state index is 0.0572. The third kappa shape index (κ3) is 4.08. The van der Waals surface area contributed by atoms with E-state index in [-0.39, 0.29) is 6.61 Å². The summed E-state index contributed by atoms with van der Waals surface area (Å²) in [5.41, 5.74) is 1.65. The Morgan fingerprint density at radius 1 is 1.10 bits per heavy atom. The number of rotatable bonds is 6. The number of anilines is 1. The van der Waals surface area contributed by atoms with Crippen LogP contribution in [0.25, 0.3) is 0 Å². The van der Waals surface area contributed by atoms with E-state index < -0.39 is 5.54 Å². The Labute approximate surface area is 135 Å². The van der Waals surface area contributed by atoms with Crippen molar-refractivity contribution >= 4 is 21.6 Å². The summed E-state index contributed by atoms with van der Waals surface area (Å²) in [4.78, 5) is 0. The average molecular weight is 348 g/mol. The van der Waals surface area contributed by atoms with Crippen molar-refractivity contribution in [2.24, 2.45) is 5.92 Å². The summed E-state index contributed by atoms with van der Waals surface area (Å²) < 4.78 is 1.02. The zero-order valence-corrected chi connectivity index (χ0v) is 14.1. The molecule has 2 rings (SSSR count). The first-order valence-corrected chi connectivity index (χ1v) is 8.05. The largest absolute Gasteiger partial charge is 0.394 e. The molecule has 0 aliphatic rings. The highest BCUT2D eigenvalue weighted by molar-refractivity contribution is 9.10. The minimum atomic E-state index is -0.462. The maximum atomic E-state index is 10.1. The SMILES string of the molecule is CC(C)CC(CO)(Nc1cccc(Br)c1)c1ccccc1. The van der Waals surface area contributed by atoms with Crippen molar-refractivity contribution in [1.29, 1.82) is 0 Å². The second-order valence-corrected chi connectivity index (χ2v) is 6.76. The summed E-state index contributed by atoms with van der Waals surface area (Å²) in [6.45, 7) is 4.41. The molecule has 0 aliphatic carbocycles. The van der Waals surface area contributed by atoms with E-state index in [1.807, 2.05) is 42.5 Å². The lowest BCUT2D eigenvalue weighted by molar-refractivity contribution is 0.190. The highest BCUT2D eigenvalue weighted by Crippen LogP contribution is 2.33. The second-order valence-electron chi connectivity index (χ2n) is 5.84. The smallest absolute Gasteiger partial charge is 0.0859 e. The van der Waals surface area contributed by atoms with Gasteiger partial charge in [-0.2, -0.15) is 0 Å². The van der Waals surface area contributed by atoms with Gasteiger partial charge in [-0.1, -0.05) is 66.2 Å². The van der Waals surface area contributed by atoms with Crippen LogP contribution < -0.4 is 5.32 Å². The van der Waals surface area contributed by atoms with E-state index in [2.05, 4.69) is 47.2 Å². The van der Waals surface area contributed by atoms with Gasteiger partial charge in [0.05, 0.1) is 12.1 Å². The van der Waals surface area contributed by atoms with Gasteiger partial charge in [0, 0.05) is 10.2 Å². The van der Waals surface area contributed by atoms with Crippen molar-refractivity contribution in [3.05, 3.63) is 64.6 Å². The fourth-order valence-electron chi connectivity index (χ4n) is 2.73. The van der Waals surface area contributed by atoms with Gasteiger partial charge in [0.2, 0.25) is 0 Å². The van der Waals surface area contributed by atoms with E-state index in [1.54, 1.807) is 0 Å². The van der Waals surface area contributed by atoms with E-state index in [0.717, 1.165) is 22.1 Å². The molecule has 0 radical (unpaired) electrons. The third-order valence-corrected chi connectivity index (χ3v) is 4.05. The molecule has 0 spiro atoms. The molecule has 3 heteroatoms. The third-order valence-electron chi connectivity index (χ3n) is 3.56. The van der Waals surface area contributed by atoms with Crippen LogP contribution in [-0.4, -0.2) is 11.7 Å². The lowest BCUT2D eigenvalue weighted by Crippen LogP contribution is -2.40. The molecule has 112 valence electrons. The van der Waals surface area contributed by atoms with Crippen molar-refractivity contribution < 1.29 is 5.11 Å². The molecule has 0 heterocycles. The van der Waals surface area contributed by atoms with Crippen molar-refractivity contribution in [2.75, 3.05) is 11.9 Å². The van der Waals surface area contributed by atoms with Crippen LogP contribution in [0.3, 0.4) is 0 Å². The van der Waals surface area contributed by atoms with Gasteiger partial charge in [-0.15, -0.1) is 0 Å². The fourth-order valence-corrected chi connectivity index (χ4v) is 3.13. The van der Waals surface area contributed by atoms with Crippen LogP contribution in [-0.2, 0) is 5.54 Å². The Morgan fingerprint density at radius 3 is 2.38 bits per heavy atom. The number of benzene rings is 2. The van der Waals surface area contributed by atoms with Crippen LogP contribution in [0.5, 0.6) is 0 Å². The van der Waals surface area contributed by atoms with E-state index in [9.17, 15) is 5.11 Å². The van der Waals surface area contributed by atoms with E-state index in [0.29, 0.717) is 5.92 Å². The van der Waals surface area contributed by atoms with E-state index >= 15 is 0 Å². The molecule has 0 amide bonds. The maximum Gasteiger partial charge on any atom is 0.0859 e. The van der Waals surface area contributed by atoms with Gasteiger partial charge in [-0.25, -0.2) is 0 Å². The highest BCUT2D eigenvalue weighted by Gasteiger charge is 2.32. The molecule has 0 fully saturated rings. The van der Waals surface area contributed by atoms with E-state index in [1.165, 1.54) is 0 Å². The van der Waals surface area contributed by atoms with Gasteiger partial charge in [-0.05, 0) is 36.1 Å². The Hall–Kier alpha value is -1.32. The summed E-state index contributed by atoms with van der Waals surface area (Å²) in [5.74, 6) is 0.469. The van der Waals surface area contributed by atoms with Gasteiger partial charge in [0.1, 0.15) is 0 Å².